The van der Waals surface area contributed by atoms with Gasteiger partial charge in [0.15, 0.2) is 5.69 Å². The topological polar surface area (TPSA) is 81.6 Å². The number of ether oxygens (including phenoxy) is 1. The standard InChI is InChI=1S/C11H17N3O3/c1-3-16-10(15)9-6-17-11(13-9)14-4-7(2)8(12)5-14/h6-8H,3-5,12H2,1-2H3. The average molecular weight is 239 g/mol. The van der Waals surface area contributed by atoms with Crippen LogP contribution in [0.4, 0.5) is 6.01 Å². The van der Waals surface area contributed by atoms with E-state index in [0.29, 0.717) is 25.1 Å². The third-order valence-corrected chi connectivity index (χ3v) is 2.92. The number of esters is 1. The number of carbonyl (C=O) groups is 1. The molecule has 0 amide bonds. The van der Waals surface area contributed by atoms with Crippen molar-refractivity contribution in [2.75, 3.05) is 24.6 Å². The summed E-state index contributed by atoms with van der Waals surface area (Å²) >= 11 is 0. The molecule has 0 radical (unpaired) electrons. The number of nitrogens with zero attached hydrogens (tertiary/aromatic N) is 2. The van der Waals surface area contributed by atoms with E-state index in [4.69, 9.17) is 14.9 Å². The van der Waals surface area contributed by atoms with Crippen LogP contribution in [0.25, 0.3) is 0 Å². The summed E-state index contributed by atoms with van der Waals surface area (Å²) < 4.78 is 10.1. The molecule has 6 heteroatoms. The Balaban J connectivity index is 2.06. The molecule has 0 aromatic carbocycles. The second-order valence-corrected chi connectivity index (χ2v) is 4.28. The van der Waals surface area contributed by atoms with E-state index < -0.39 is 5.97 Å². The Hall–Kier alpha value is -1.56. The van der Waals surface area contributed by atoms with Gasteiger partial charge in [0.25, 0.3) is 6.01 Å². The lowest BCUT2D eigenvalue weighted by Crippen LogP contribution is -2.28. The third kappa shape index (κ3) is 2.41. The van der Waals surface area contributed by atoms with E-state index in [1.165, 1.54) is 6.26 Å². The molecule has 2 heterocycles. The van der Waals surface area contributed by atoms with Crippen LogP contribution < -0.4 is 10.6 Å². The highest BCUT2D eigenvalue weighted by molar-refractivity contribution is 5.87. The molecule has 1 aromatic rings. The SMILES string of the molecule is CCOC(=O)c1coc(N2CC(C)C(N)C2)n1. The van der Waals surface area contributed by atoms with Gasteiger partial charge >= 0.3 is 5.97 Å². The van der Waals surface area contributed by atoms with Crippen molar-refractivity contribution in [2.24, 2.45) is 11.7 Å². The number of carbonyl (C=O) groups excluding carboxylic acids is 1. The van der Waals surface area contributed by atoms with E-state index in [2.05, 4.69) is 11.9 Å². The van der Waals surface area contributed by atoms with Crippen LogP contribution in [-0.2, 0) is 4.74 Å². The zero-order valence-electron chi connectivity index (χ0n) is 10.0. The molecule has 1 fully saturated rings. The normalized spacial score (nSPS) is 24.1. The summed E-state index contributed by atoms with van der Waals surface area (Å²) in [6, 6.07) is 0.556. The third-order valence-electron chi connectivity index (χ3n) is 2.92. The van der Waals surface area contributed by atoms with E-state index >= 15 is 0 Å². The first-order valence-corrected chi connectivity index (χ1v) is 5.75. The molecule has 94 valence electrons. The molecule has 1 aliphatic heterocycles. The molecule has 2 unspecified atom stereocenters. The Kier molecular flexibility index (Phi) is 3.33. The maximum Gasteiger partial charge on any atom is 0.360 e. The van der Waals surface area contributed by atoms with Gasteiger partial charge in [-0.15, -0.1) is 0 Å². The number of hydrogen-bond acceptors (Lipinski definition) is 6. The number of rotatable bonds is 3. The summed E-state index contributed by atoms with van der Waals surface area (Å²) in [5.41, 5.74) is 6.12. The van der Waals surface area contributed by atoms with Crippen LogP contribution in [0.1, 0.15) is 24.3 Å². The molecule has 1 aliphatic rings. The zero-order chi connectivity index (χ0) is 12.4. The molecule has 2 atom stereocenters. The van der Waals surface area contributed by atoms with Crippen molar-refractivity contribution in [3.63, 3.8) is 0 Å². The first-order chi connectivity index (χ1) is 8.11. The lowest BCUT2D eigenvalue weighted by Gasteiger charge is -2.11. The number of anilines is 1. The summed E-state index contributed by atoms with van der Waals surface area (Å²) in [6.07, 6.45) is 1.32. The predicted octanol–water partition coefficient (Wildman–Crippen LogP) is 0.635. The van der Waals surface area contributed by atoms with Gasteiger partial charge in [0.05, 0.1) is 6.61 Å². The highest BCUT2D eigenvalue weighted by atomic mass is 16.5. The van der Waals surface area contributed by atoms with Crippen LogP contribution in [0, 0.1) is 5.92 Å². The smallest absolute Gasteiger partial charge is 0.360 e. The van der Waals surface area contributed by atoms with Crippen molar-refractivity contribution in [3.8, 4) is 0 Å². The number of hydrogen-bond donors (Lipinski definition) is 1. The molecule has 0 saturated carbocycles. The molecule has 0 spiro atoms. The Bertz CT molecular complexity index is 394. The van der Waals surface area contributed by atoms with Crippen molar-refractivity contribution in [1.29, 1.82) is 0 Å². The van der Waals surface area contributed by atoms with Gasteiger partial charge in [-0.05, 0) is 12.8 Å². The van der Waals surface area contributed by atoms with Crippen LogP contribution in [0.5, 0.6) is 0 Å². The van der Waals surface area contributed by atoms with Gasteiger partial charge in [0, 0.05) is 19.1 Å². The molecular weight excluding hydrogens is 222 g/mol. The lowest BCUT2D eigenvalue weighted by atomic mass is 10.1. The van der Waals surface area contributed by atoms with E-state index in [1.807, 2.05) is 4.90 Å². The largest absolute Gasteiger partial charge is 0.461 e. The fraction of sp³-hybridized carbons (Fsp3) is 0.636. The van der Waals surface area contributed by atoms with Gasteiger partial charge in [-0.25, -0.2) is 4.79 Å². The van der Waals surface area contributed by atoms with E-state index in [9.17, 15) is 4.79 Å². The van der Waals surface area contributed by atoms with E-state index in [0.717, 1.165) is 6.54 Å². The number of nitrogens with two attached hydrogens (primary N) is 1. The second-order valence-electron chi connectivity index (χ2n) is 4.28. The first kappa shape index (κ1) is 11.9. The van der Waals surface area contributed by atoms with Crippen LogP contribution in [0.3, 0.4) is 0 Å². The van der Waals surface area contributed by atoms with Gasteiger partial charge < -0.3 is 19.8 Å². The fourth-order valence-electron chi connectivity index (χ4n) is 1.86. The number of aromatic nitrogens is 1. The maximum absolute atomic E-state index is 11.4. The molecule has 2 N–H and O–H groups in total. The average Bonchev–Trinajstić information content (AvgIpc) is 2.87. The van der Waals surface area contributed by atoms with Crippen molar-refractivity contribution < 1.29 is 13.9 Å². The minimum atomic E-state index is -0.459. The first-order valence-electron chi connectivity index (χ1n) is 5.75. The van der Waals surface area contributed by atoms with Crippen LogP contribution >= 0.6 is 0 Å². The summed E-state index contributed by atoms with van der Waals surface area (Å²) in [4.78, 5) is 17.5. The van der Waals surface area contributed by atoms with Crippen molar-refractivity contribution in [3.05, 3.63) is 12.0 Å². The van der Waals surface area contributed by atoms with E-state index in [-0.39, 0.29) is 11.7 Å². The highest BCUT2D eigenvalue weighted by Crippen LogP contribution is 2.22. The van der Waals surface area contributed by atoms with Crippen molar-refractivity contribution in [1.82, 2.24) is 4.98 Å². The quantitative estimate of drug-likeness (QED) is 0.779. The molecule has 1 saturated heterocycles. The monoisotopic (exact) mass is 239 g/mol. The maximum atomic E-state index is 11.4. The minimum absolute atomic E-state index is 0.118. The molecular formula is C11H17N3O3. The Morgan fingerprint density at radius 1 is 1.71 bits per heavy atom. The Labute approximate surface area is 99.7 Å². The zero-order valence-corrected chi connectivity index (χ0v) is 10.0. The van der Waals surface area contributed by atoms with Gasteiger partial charge in [-0.3, -0.25) is 0 Å². The minimum Gasteiger partial charge on any atom is -0.461 e. The highest BCUT2D eigenvalue weighted by Gasteiger charge is 2.29. The molecule has 6 nitrogen and oxygen atoms in total. The second kappa shape index (κ2) is 4.75. The van der Waals surface area contributed by atoms with Crippen LogP contribution in [-0.4, -0.2) is 36.7 Å². The van der Waals surface area contributed by atoms with Gasteiger partial charge in [0.2, 0.25) is 0 Å². The van der Waals surface area contributed by atoms with E-state index in [1.54, 1.807) is 6.92 Å². The summed E-state index contributed by atoms with van der Waals surface area (Å²) in [7, 11) is 0. The molecule has 17 heavy (non-hydrogen) atoms. The molecule has 1 aromatic heterocycles. The number of oxazole rings is 1. The van der Waals surface area contributed by atoms with Crippen LogP contribution in [0.15, 0.2) is 10.7 Å². The lowest BCUT2D eigenvalue weighted by molar-refractivity contribution is 0.0519. The Morgan fingerprint density at radius 3 is 3.06 bits per heavy atom. The van der Waals surface area contributed by atoms with Crippen LogP contribution in [0.2, 0.25) is 0 Å². The van der Waals surface area contributed by atoms with Gasteiger partial charge in [-0.2, -0.15) is 4.98 Å². The van der Waals surface area contributed by atoms with Crippen molar-refractivity contribution >= 4 is 12.0 Å². The summed E-state index contributed by atoms with van der Waals surface area (Å²) in [5, 5.41) is 0. The van der Waals surface area contributed by atoms with Crippen molar-refractivity contribution in [2.45, 2.75) is 19.9 Å². The predicted molar refractivity (Wildman–Crippen MR) is 61.8 cm³/mol. The van der Waals surface area contributed by atoms with Gasteiger partial charge in [0.1, 0.15) is 6.26 Å². The molecule has 2 rings (SSSR count). The van der Waals surface area contributed by atoms with Gasteiger partial charge in [-0.1, -0.05) is 6.92 Å². The Morgan fingerprint density at radius 2 is 2.47 bits per heavy atom. The fourth-order valence-corrected chi connectivity index (χ4v) is 1.86. The molecule has 0 bridgehead atoms. The summed E-state index contributed by atoms with van der Waals surface area (Å²) in [6.45, 7) is 5.65. The molecule has 0 aliphatic carbocycles. The summed E-state index contributed by atoms with van der Waals surface area (Å²) in [5.74, 6) is -0.0630.